The minimum Gasteiger partial charge on any atom is -0.437 e. The summed E-state index contributed by atoms with van der Waals surface area (Å²) in [6.45, 7) is 1.07. The molecular formula is C24H19F4N5O3S. The van der Waals surface area contributed by atoms with Gasteiger partial charge >= 0.3 is 12.3 Å². The number of nitrogens with zero attached hydrogens (tertiary/aromatic N) is 3. The van der Waals surface area contributed by atoms with Gasteiger partial charge in [-0.1, -0.05) is 0 Å². The summed E-state index contributed by atoms with van der Waals surface area (Å²) in [5, 5.41) is 4.07. The van der Waals surface area contributed by atoms with E-state index < -0.39 is 24.2 Å². The summed E-state index contributed by atoms with van der Waals surface area (Å²) >= 11 is 1.37. The lowest BCUT2D eigenvalue weighted by molar-refractivity contribution is -0.199. The van der Waals surface area contributed by atoms with Crippen molar-refractivity contribution in [3.63, 3.8) is 0 Å². The third-order valence-electron chi connectivity index (χ3n) is 5.86. The molecule has 192 valence electrons. The highest BCUT2D eigenvalue weighted by molar-refractivity contribution is 7.15. The van der Waals surface area contributed by atoms with E-state index in [1.165, 1.54) is 22.4 Å². The van der Waals surface area contributed by atoms with Crippen LogP contribution in [0.2, 0.25) is 0 Å². The van der Waals surface area contributed by atoms with Crippen molar-refractivity contribution in [1.82, 2.24) is 19.9 Å². The molecule has 3 aromatic heterocycles. The van der Waals surface area contributed by atoms with E-state index >= 15 is 0 Å². The first-order valence-corrected chi connectivity index (χ1v) is 12.0. The fraction of sp³-hybridized carbons (Fsp3) is 0.250. The van der Waals surface area contributed by atoms with Crippen molar-refractivity contribution in [1.29, 1.82) is 0 Å². The standard InChI is InChI=1S/C24H19F4N5O3S/c1-12(24(26,27)28)36-23(35)33-7-5-18-14(11-33)9-19(37-18)21-30-10-17(25)20(32-21)31-15-2-3-16-13(8-15)4-6-29-22(16)34/h2-4,6,8-10,12H,5,7,11H2,1H3,(H,29,34)(H,30,31,32). The Bertz CT molecular complexity index is 1550. The molecule has 1 atom stereocenters. The van der Waals surface area contributed by atoms with Gasteiger partial charge in [-0.15, -0.1) is 11.3 Å². The van der Waals surface area contributed by atoms with Crippen LogP contribution in [0.25, 0.3) is 21.5 Å². The predicted octanol–water partition coefficient (Wildman–Crippen LogP) is 5.37. The number of H-pyrrole nitrogens is 1. The van der Waals surface area contributed by atoms with E-state index in [0.29, 0.717) is 27.8 Å². The SMILES string of the molecule is CC(OC(=O)N1CCc2sc(-c3ncc(F)c(Nc4ccc5c(=O)[nH]ccc5c4)n3)cc2C1)C(F)(F)F. The van der Waals surface area contributed by atoms with Crippen LogP contribution in [-0.2, 0) is 17.7 Å². The Labute approximate surface area is 210 Å². The molecule has 8 nitrogen and oxygen atoms in total. The average Bonchev–Trinajstić information content (AvgIpc) is 3.28. The maximum atomic E-state index is 14.5. The average molecular weight is 534 g/mol. The maximum absolute atomic E-state index is 14.5. The largest absolute Gasteiger partial charge is 0.437 e. The smallest absolute Gasteiger partial charge is 0.425 e. The molecule has 0 aliphatic carbocycles. The first kappa shape index (κ1) is 24.7. The minimum absolute atomic E-state index is 0.0631. The number of aromatic nitrogens is 3. The van der Waals surface area contributed by atoms with Gasteiger partial charge in [0, 0.05) is 28.7 Å². The van der Waals surface area contributed by atoms with Crippen LogP contribution in [0.5, 0.6) is 0 Å². The summed E-state index contributed by atoms with van der Waals surface area (Å²) in [6, 6.07) is 8.42. The van der Waals surface area contributed by atoms with Gasteiger partial charge in [0.15, 0.2) is 23.6 Å². The van der Waals surface area contributed by atoms with Gasteiger partial charge in [-0.05, 0) is 54.6 Å². The molecule has 2 N–H and O–H groups in total. The first-order valence-electron chi connectivity index (χ1n) is 11.1. The molecule has 0 saturated carbocycles. The molecule has 1 aliphatic heterocycles. The number of thiophene rings is 1. The molecule has 37 heavy (non-hydrogen) atoms. The maximum Gasteiger partial charge on any atom is 0.425 e. The fourth-order valence-electron chi connectivity index (χ4n) is 3.87. The van der Waals surface area contributed by atoms with E-state index in [4.69, 9.17) is 0 Å². The third kappa shape index (κ3) is 5.12. The number of nitrogens with one attached hydrogen (secondary N) is 2. The normalized spacial score (nSPS) is 14.4. The van der Waals surface area contributed by atoms with Crippen molar-refractivity contribution in [3.8, 4) is 10.7 Å². The van der Waals surface area contributed by atoms with Crippen LogP contribution in [0.4, 0.5) is 33.9 Å². The molecule has 4 aromatic rings. The summed E-state index contributed by atoms with van der Waals surface area (Å²) in [5.74, 6) is -0.490. The number of halogens is 4. The highest BCUT2D eigenvalue weighted by Gasteiger charge is 2.40. The number of carbonyl (C=O) groups is 1. The monoisotopic (exact) mass is 533 g/mol. The second-order valence-corrected chi connectivity index (χ2v) is 9.56. The molecule has 0 fully saturated rings. The van der Waals surface area contributed by atoms with Crippen molar-refractivity contribution < 1.29 is 27.1 Å². The number of benzene rings is 1. The number of fused-ring (bicyclic) bond motifs is 2. The molecule has 1 aliphatic rings. The zero-order chi connectivity index (χ0) is 26.3. The van der Waals surface area contributed by atoms with Crippen molar-refractivity contribution in [3.05, 3.63) is 69.3 Å². The Balaban J connectivity index is 1.35. The highest BCUT2D eigenvalue weighted by atomic mass is 32.1. The Kier molecular flexibility index (Phi) is 6.31. The van der Waals surface area contributed by atoms with Crippen LogP contribution in [0.15, 0.2) is 47.5 Å². The molecule has 0 radical (unpaired) electrons. The van der Waals surface area contributed by atoms with E-state index in [2.05, 4.69) is 25.0 Å². The van der Waals surface area contributed by atoms with Crippen molar-refractivity contribution >= 4 is 39.7 Å². The fourth-order valence-corrected chi connectivity index (χ4v) is 4.98. The van der Waals surface area contributed by atoms with Crippen molar-refractivity contribution in [2.45, 2.75) is 32.2 Å². The van der Waals surface area contributed by atoms with Crippen molar-refractivity contribution in [2.75, 3.05) is 11.9 Å². The van der Waals surface area contributed by atoms with Gasteiger partial charge in [-0.25, -0.2) is 19.2 Å². The number of ether oxygens (including phenoxy) is 1. The molecule has 0 saturated heterocycles. The lowest BCUT2D eigenvalue weighted by atomic mass is 10.1. The Morgan fingerprint density at radius 1 is 1.27 bits per heavy atom. The molecular weight excluding hydrogens is 514 g/mol. The Hall–Kier alpha value is -4.00. The number of anilines is 2. The number of aromatic amines is 1. The minimum atomic E-state index is -4.64. The third-order valence-corrected chi connectivity index (χ3v) is 7.10. The quantitative estimate of drug-likeness (QED) is 0.342. The second-order valence-electron chi connectivity index (χ2n) is 8.42. The number of hydrogen-bond acceptors (Lipinski definition) is 7. The van der Waals surface area contributed by atoms with Crippen molar-refractivity contribution in [2.24, 2.45) is 0 Å². The number of rotatable bonds is 4. The van der Waals surface area contributed by atoms with Gasteiger partial charge in [0.25, 0.3) is 5.56 Å². The van der Waals surface area contributed by atoms with E-state index in [0.717, 1.165) is 23.6 Å². The van der Waals surface area contributed by atoms with E-state index in [9.17, 15) is 27.2 Å². The first-order chi connectivity index (χ1) is 17.6. The molecule has 0 bridgehead atoms. The summed E-state index contributed by atoms with van der Waals surface area (Å²) in [6.07, 6.45) is -4.89. The van der Waals surface area contributed by atoms with Gasteiger partial charge in [-0.3, -0.25) is 4.79 Å². The van der Waals surface area contributed by atoms with Crippen LogP contribution in [-0.4, -0.2) is 44.8 Å². The molecule has 5 rings (SSSR count). The zero-order valence-electron chi connectivity index (χ0n) is 19.2. The lowest BCUT2D eigenvalue weighted by Crippen LogP contribution is -2.40. The van der Waals surface area contributed by atoms with Gasteiger partial charge in [-0.2, -0.15) is 13.2 Å². The molecule has 0 spiro atoms. The van der Waals surface area contributed by atoms with Crippen LogP contribution in [0.3, 0.4) is 0 Å². The number of alkyl halides is 3. The van der Waals surface area contributed by atoms with Gasteiger partial charge in [0.1, 0.15) is 0 Å². The summed E-state index contributed by atoms with van der Waals surface area (Å²) < 4.78 is 57.3. The summed E-state index contributed by atoms with van der Waals surface area (Å²) in [7, 11) is 0. The van der Waals surface area contributed by atoms with Crippen LogP contribution in [0, 0.1) is 5.82 Å². The van der Waals surface area contributed by atoms with E-state index in [1.54, 1.807) is 30.3 Å². The lowest BCUT2D eigenvalue weighted by Gasteiger charge is -2.28. The zero-order valence-corrected chi connectivity index (χ0v) is 20.0. The Morgan fingerprint density at radius 2 is 2.08 bits per heavy atom. The van der Waals surface area contributed by atoms with E-state index in [1.807, 2.05) is 0 Å². The summed E-state index contributed by atoms with van der Waals surface area (Å²) in [5.41, 5.74) is 1.03. The molecule has 13 heteroatoms. The van der Waals surface area contributed by atoms with Crippen LogP contribution in [0.1, 0.15) is 17.4 Å². The molecule has 1 amide bonds. The topological polar surface area (TPSA) is 100 Å². The predicted molar refractivity (Wildman–Crippen MR) is 129 cm³/mol. The Morgan fingerprint density at radius 3 is 2.86 bits per heavy atom. The van der Waals surface area contributed by atoms with E-state index in [-0.39, 0.29) is 30.3 Å². The molecule has 1 unspecified atom stereocenters. The second kappa shape index (κ2) is 9.47. The molecule has 4 heterocycles. The van der Waals surface area contributed by atoms with Gasteiger partial charge in [0.2, 0.25) is 0 Å². The number of carbonyl (C=O) groups excluding carboxylic acids is 1. The van der Waals surface area contributed by atoms with Gasteiger partial charge < -0.3 is 19.9 Å². The van der Waals surface area contributed by atoms with Gasteiger partial charge in [0.05, 0.1) is 17.6 Å². The summed E-state index contributed by atoms with van der Waals surface area (Å²) in [4.78, 5) is 37.9. The molecule has 1 aromatic carbocycles. The van der Waals surface area contributed by atoms with Crippen LogP contribution >= 0.6 is 11.3 Å². The highest BCUT2D eigenvalue weighted by Crippen LogP contribution is 2.35. The number of pyridine rings is 1. The number of amides is 1. The van der Waals surface area contributed by atoms with Crippen LogP contribution < -0.4 is 10.9 Å². The number of hydrogen-bond donors (Lipinski definition) is 2.